The number of anilines is 1. The maximum Gasteiger partial charge on any atom is 0.252 e. The smallest absolute Gasteiger partial charge is 0.252 e. The van der Waals surface area contributed by atoms with Crippen molar-refractivity contribution in [2.45, 2.75) is 6.42 Å². The second-order valence-electron chi connectivity index (χ2n) is 4.20. The van der Waals surface area contributed by atoms with Gasteiger partial charge in [0.25, 0.3) is 5.91 Å². The molecule has 19 heavy (non-hydrogen) atoms. The first-order valence-electron chi connectivity index (χ1n) is 6.04. The lowest BCUT2D eigenvalue weighted by atomic mass is 10.1. The lowest BCUT2D eigenvalue weighted by Crippen LogP contribution is -2.26. The van der Waals surface area contributed by atoms with Gasteiger partial charge in [-0.05, 0) is 24.1 Å². The predicted molar refractivity (Wildman–Crippen MR) is 78.3 cm³/mol. The second-order valence-corrected chi connectivity index (χ2v) is 4.58. The van der Waals surface area contributed by atoms with E-state index in [0.717, 1.165) is 6.42 Å². The zero-order chi connectivity index (χ0) is 13.7. The Labute approximate surface area is 117 Å². The van der Waals surface area contributed by atoms with Gasteiger partial charge >= 0.3 is 0 Å². The quantitative estimate of drug-likeness (QED) is 0.843. The minimum Gasteiger partial charge on any atom is -0.398 e. The average molecular weight is 275 g/mol. The van der Waals surface area contributed by atoms with Crippen molar-refractivity contribution in [3.8, 4) is 0 Å². The molecule has 0 heterocycles. The molecule has 0 bridgehead atoms. The SMILES string of the molecule is Nc1cccc(C(=O)NCCc2ccccc2)c1Cl. The van der Waals surface area contributed by atoms with Gasteiger partial charge in [0.05, 0.1) is 16.3 Å². The maximum atomic E-state index is 12.0. The molecule has 0 radical (unpaired) electrons. The van der Waals surface area contributed by atoms with Gasteiger partial charge in [0.2, 0.25) is 0 Å². The number of benzene rings is 2. The summed E-state index contributed by atoms with van der Waals surface area (Å²) in [5.41, 5.74) is 7.67. The summed E-state index contributed by atoms with van der Waals surface area (Å²) >= 11 is 6.00. The maximum absolute atomic E-state index is 12.0. The molecule has 0 aliphatic carbocycles. The van der Waals surface area contributed by atoms with Crippen LogP contribution in [0.25, 0.3) is 0 Å². The van der Waals surface area contributed by atoms with Crippen molar-refractivity contribution >= 4 is 23.2 Å². The highest BCUT2D eigenvalue weighted by molar-refractivity contribution is 6.36. The van der Waals surface area contributed by atoms with Crippen LogP contribution in [0.4, 0.5) is 5.69 Å². The van der Waals surface area contributed by atoms with E-state index in [-0.39, 0.29) is 5.91 Å². The standard InChI is InChI=1S/C15H15ClN2O/c16-14-12(7-4-8-13(14)17)15(19)18-10-9-11-5-2-1-3-6-11/h1-8H,9-10,17H2,(H,18,19). The Morgan fingerprint density at radius 1 is 1.11 bits per heavy atom. The van der Waals surface area contributed by atoms with Crippen LogP contribution in [-0.4, -0.2) is 12.5 Å². The van der Waals surface area contributed by atoms with Crippen LogP contribution in [0.2, 0.25) is 5.02 Å². The van der Waals surface area contributed by atoms with E-state index < -0.39 is 0 Å². The lowest BCUT2D eigenvalue weighted by Gasteiger charge is -2.08. The number of nitrogen functional groups attached to an aromatic ring is 1. The Bertz CT molecular complexity index is 570. The van der Waals surface area contributed by atoms with Gasteiger partial charge in [-0.1, -0.05) is 48.0 Å². The minimum absolute atomic E-state index is 0.201. The Kier molecular flexibility index (Phi) is 4.42. The molecule has 2 aromatic rings. The number of nitrogens with one attached hydrogen (secondary N) is 1. The van der Waals surface area contributed by atoms with Crippen LogP contribution in [0.1, 0.15) is 15.9 Å². The first-order valence-corrected chi connectivity index (χ1v) is 6.42. The molecular weight excluding hydrogens is 260 g/mol. The van der Waals surface area contributed by atoms with Crippen LogP contribution in [0, 0.1) is 0 Å². The molecule has 1 amide bonds. The first-order chi connectivity index (χ1) is 9.18. The molecule has 0 spiro atoms. The molecule has 3 N–H and O–H groups in total. The van der Waals surface area contributed by atoms with Crippen molar-refractivity contribution in [3.63, 3.8) is 0 Å². The average Bonchev–Trinajstić information content (AvgIpc) is 2.43. The van der Waals surface area contributed by atoms with E-state index in [2.05, 4.69) is 5.32 Å². The summed E-state index contributed by atoms with van der Waals surface area (Å²) in [6.07, 6.45) is 0.784. The van der Waals surface area contributed by atoms with Gasteiger partial charge in [-0.2, -0.15) is 0 Å². The Balaban J connectivity index is 1.93. The van der Waals surface area contributed by atoms with Crippen molar-refractivity contribution in [2.75, 3.05) is 12.3 Å². The van der Waals surface area contributed by atoms with Gasteiger partial charge in [0, 0.05) is 6.54 Å². The van der Waals surface area contributed by atoms with Gasteiger partial charge in [-0.15, -0.1) is 0 Å². The van der Waals surface area contributed by atoms with E-state index in [1.807, 2.05) is 30.3 Å². The van der Waals surface area contributed by atoms with E-state index >= 15 is 0 Å². The molecule has 3 nitrogen and oxygen atoms in total. The van der Waals surface area contributed by atoms with Crippen LogP contribution in [-0.2, 0) is 6.42 Å². The molecule has 0 aliphatic heterocycles. The summed E-state index contributed by atoms with van der Waals surface area (Å²) in [6, 6.07) is 15.0. The molecular formula is C15H15ClN2O. The van der Waals surface area contributed by atoms with Gasteiger partial charge in [-0.3, -0.25) is 4.79 Å². The molecule has 0 fully saturated rings. The Morgan fingerprint density at radius 2 is 1.84 bits per heavy atom. The Morgan fingerprint density at radius 3 is 2.58 bits per heavy atom. The Hall–Kier alpha value is -2.00. The summed E-state index contributed by atoms with van der Waals surface area (Å²) in [5.74, 6) is -0.201. The summed E-state index contributed by atoms with van der Waals surface area (Å²) < 4.78 is 0. The zero-order valence-corrected chi connectivity index (χ0v) is 11.2. The third-order valence-electron chi connectivity index (χ3n) is 2.82. The van der Waals surface area contributed by atoms with Gasteiger partial charge in [0.1, 0.15) is 0 Å². The van der Waals surface area contributed by atoms with Gasteiger partial charge in [0.15, 0.2) is 0 Å². The minimum atomic E-state index is -0.201. The van der Waals surface area contributed by atoms with E-state index in [1.165, 1.54) is 5.56 Å². The van der Waals surface area contributed by atoms with Crippen molar-refractivity contribution < 1.29 is 4.79 Å². The highest BCUT2D eigenvalue weighted by Crippen LogP contribution is 2.22. The van der Waals surface area contributed by atoms with Gasteiger partial charge in [-0.25, -0.2) is 0 Å². The number of amides is 1. The largest absolute Gasteiger partial charge is 0.398 e. The zero-order valence-electron chi connectivity index (χ0n) is 10.4. The fourth-order valence-electron chi connectivity index (χ4n) is 1.79. The fraction of sp³-hybridized carbons (Fsp3) is 0.133. The summed E-state index contributed by atoms with van der Waals surface area (Å²) in [4.78, 5) is 12.0. The second kappa shape index (κ2) is 6.25. The third-order valence-corrected chi connectivity index (χ3v) is 3.24. The fourth-order valence-corrected chi connectivity index (χ4v) is 2.00. The van der Waals surface area contributed by atoms with Crippen LogP contribution in [0.3, 0.4) is 0 Å². The number of halogens is 1. The van der Waals surface area contributed by atoms with Crippen LogP contribution < -0.4 is 11.1 Å². The number of carbonyl (C=O) groups is 1. The molecule has 4 heteroatoms. The molecule has 0 atom stereocenters. The van der Waals surface area contributed by atoms with Crippen LogP contribution in [0.5, 0.6) is 0 Å². The number of hydrogen-bond acceptors (Lipinski definition) is 2. The molecule has 2 rings (SSSR count). The van der Waals surface area contributed by atoms with Crippen molar-refractivity contribution in [1.29, 1.82) is 0 Å². The highest BCUT2D eigenvalue weighted by atomic mass is 35.5. The van der Waals surface area contributed by atoms with Crippen molar-refractivity contribution in [1.82, 2.24) is 5.32 Å². The normalized spacial score (nSPS) is 10.2. The van der Waals surface area contributed by atoms with Gasteiger partial charge < -0.3 is 11.1 Å². The third kappa shape index (κ3) is 3.48. The molecule has 0 aromatic heterocycles. The summed E-state index contributed by atoms with van der Waals surface area (Å²) in [5, 5.41) is 3.14. The molecule has 0 aliphatic rings. The molecule has 0 saturated heterocycles. The molecule has 0 unspecified atom stereocenters. The predicted octanol–water partition coefficient (Wildman–Crippen LogP) is 2.89. The highest BCUT2D eigenvalue weighted by Gasteiger charge is 2.11. The number of hydrogen-bond donors (Lipinski definition) is 2. The molecule has 2 aromatic carbocycles. The number of rotatable bonds is 4. The van der Waals surface area contributed by atoms with E-state index in [4.69, 9.17) is 17.3 Å². The topological polar surface area (TPSA) is 55.1 Å². The lowest BCUT2D eigenvalue weighted by molar-refractivity contribution is 0.0954. The van der Waals surface area contributed by atoms with Crippen molar-refractivity contribution in [3.05, 3.63) is 64.7 Å². The molecule has 0 saturated carbocycles. The summed E-state index contributed by atoms with van der Waals surface area (Å²) in [6.45, 7) is 0.563. The van der Waals surface area contributed by atoms with Crippen LogP contribution in [0.15, 0.2) is 48.5 Å². The first kappa shape index (κ1) is 13.4. The van der Waals surface area contributed by atoms with E-state index in [1.54, 1.807) is 18.2 Å². The van der Waals surface area contributed by atoms with Crippen LogP contribution >= 0.6 is 11.6 Å². The summed E-state index contributed by atoms with van der Waals surface area (Å²) in [7, 11) is 0. The molecule has 98 valence electrons. The number of nitrogens with two attached hydrogens (primary N) is 1. The number of carbonyl (C=O) groups excluding carboxylic acids is 1. The van der Waals surface area contributed by atoms with E-state index in [9.17, 15) is 4.79 Å². The van der Waals surface area contributed by atoms with Crippen molar-refractivity contribution in [2.24, 2.45) is 0 Å². The van der Waals surface area contributed by atoms with E-state index in [0.29, 0.717) is 22.8 Å². The monoisotopic (exact) mass is 274 g/mol.